The van der Waals surface area contributed by atoms with Crippen LogP contribution < -0.4 is 25.5 Å². The maximum atomic E-state index is 13.4. The third-order valence-electron chi connectivity index (χ3n) is 5.25. The van der Waals surface area contributed by atoms with Crippen LogP contribution in [-0.4, -0.2) is 31.9 Å². The topological polar surface area (TPSA) is 102 Å². The standard InChI is InChI=1S/C22H26N2O6/c1-6-7-12-10-16-18(21(25)24(12)2)17(19(20(23)30-16)22(26)29-5)14-9-8-13(27-3)11-15(14)28-4/h8-11,17H,6-7,23H2,1-5H3. The summed E-state index contributed by atoms with van der Waals surface area (Å²) in [5, 5.41) is 0. The summed E-state index contributed by atoms with van der Waals surface area (Å²) >= 11 is 0. The molecule has 1 aliphatic rings. The lowest BCUT2D eigenvalue weighted by atomic mass is 9.82. The van der Waals surface area contributed by atoms with Crippen molar-refractivity contribution >= 4 is 5.97 Å². The molecule has 2 aromatic rings. The van der Waals surface area contributed by atoms with E-state index < -0.39 is 11.9 Å². The van der Waals surface area contributed by atoms with Crippen LogP contribution in [0.25, 0.3) is 0 Å². The van der Waals surface area contributed by atoms with Crippen LogP contribution in [0, 0.1) is 0 Å². The first-order valence-corrected chi connectivity index (χ1v) is 9.58. The van der Waals surface area contributed by atoms with Crippen molar-refractivity contribution in [3.63, 3.8) is 0 Å². The Morgan fingerprint density at radius 1 is 1.20 bits per heavy atom. The summed E-state index contributed by atoms with van der Waals surface area (Å²) in [5.74, 6) is -0.258. The van der Waals surface area contributed by atoms with E-state index in [1.54, 1.807) is 43.0 Å². The highest BCUT2D eigenvalue weighted by Crippen LogP contribution is 2.45. The number of aryl methyl sites for hydroxylation is 1. The first-order valence-electron chi connectivity index (χ1n) is 9.58. The molecule has 30 heavy (non-hydrogen) atoms. The highest BCUT2D eigenvalue weighted by Gasteiger charge is 2.39. The quantitative estimate of drug-likeness (QED) is 0.723. The fourth-order valence-electron chi connectivity index (χ4n) is 3.74. The maximum Gasteiger partial charge on any atom is 0.340 e. The van der Waals surface area contributed by atoms with E-state index in [2.05, 4.69) is 0 Å². The van der Waals surface area contributed by atoms with Gasteiger partial charge >= 0.3 is 5.97 Å². The molecule has 8 heteroatoms. The minimum absolute atomic E-state index is 0.0498. The zero-order chi connectivity index (χ0) is 22.0. The molecule has 1 atom stereocenters. The van der Waals surface area contributed by atoms with E-state index in [4.69, 9.17) is 24.7 Å². The molecule has 0 radical (unpaired) electrons. The van der Waals surface area contributed by atoms with Gasteiger partial charge in [-0.15, -0.1) is 0 Å². The summed E-state index contributed by atoms with van der Waals surface area (Å²) in [6, 6.07) is 6.96. The third kappa shape index (κ3) is 3.49. The van der Waals surface area contributed by atoms with Crippen molar-refractivity contribution in [1.82, 2.24) is 4.57 Å². The SMILES string of the molecule is CCCc1cc2c(c(=O)n1C)C(c1ccc(OC)cc1OC)C(C(=O)OC)=C(N)O2. The fraction of sp³-hybridized carbons (Fsp3) is 0.364. The molecule has 0 saturated heterocycles. The van der Waals surface area contributed by atoms with Crippen LogP contribution in [0.3, 0.4) is 0 Å². The number of hydrogen-bond acceptors (Lipinski definition) is 7. The van der Waals surface area contributed by atoms with Gasteiger partial charge in [0.1, 0.15) is 22.8 Å². The number of methoxy groups -OCH3 is 3. The summed E-state index contributed by atoms with van der Waals surface area (Å²) in [6.07, 6.45) is 1.56. The lowest BCUT2D eigenvalue weighted by Gasteiger charge is -2.29. The minimum atomic E-state index is -0.823. The van der Waals surface area contributed by atoms with Crippen LogP contribution in [0.15, 0.2) is 40.5 Å². The number of hydrogen-bond donors (Lipinski definition) is 1. The predicted octanol–water partition coefficient (Wildman–Crippen LogP) is 2.22. The molecule has 2 N–H and O–H groups in total. The second-order valence-electron chi connectivity index (χ2n) is 6.94. The van der Waals surface area contributed by atoms with Crippen LogP contribution in [0.1, 0.15) is 36.1 Å². The van der Waals surface area contributed by atoms with Crippen molar-refractivity contribution < 1.29 is 23.7 Å². The van der Waals surface area contributed by atoms with E-state index in [-0.39, 0.29) is 17.0 Å². The zero-order valence-electron chi connectivity index (χ0n) is 17.8. The van der Waals surface area contributed by atoms with Gasteiger partial charge in [0.05, 0.1) is 32.8 Å². The summed E-state index contributed by atoms with van der Waals surface area (Å²) in [7, 11) is 6.01. The fourth-order valence-corrected chi connectivity index (χ4v) is 3.74. The van der Waals surface area contributed by atoms with Crippen LogP contribution in [0.2, 0.25) is 0 Å². The Labute approximate surface area is 174 Å². The summed E-state index contributed by atoms with van der Waals surface area (Å²) in [5.41, 5.74) is 7.61. The van der Waals surface area contributed by atoms with Crippen LogP contribution >= 0.6 is 0 Å². The molecule has 3 rings (SSSR count). The van der Waals surface area contributed by atoms with Gasteiger partial charge in [-0.2, -0.15) is 0 Å². The van der Waals surface area contributed by atoms with Crippen molar-refractivity contribution in [3.8, 4) is 17.2 Å². The average molecular weight is 414 g/mol. The molecule has 0 amide bonds. The van der Waals surface area contributed by atoms with E-state index in [0.29, 0.717) is 34.8 Å². The zero-order valence-corrected chi connectivity index (χ0v) is 17.8. The van der Waals surface area contributed by atoms with Crippen molar-refractivity contribution in [3.05, 3.63) is 62.9 Å². The molecule has 0 saturated carbocycles. The molecule has 1 unspecified atom stereocenters. The van der Waals surface area contributed by atoms with E-state index in [1.807, 2.05) is 6.92 Å². The molecule has 0 bridgehead atoms. The Morgan fingerprint density at radius 2 is 1.93 bits per heavy atom. The number of carbonyl (C=O) groups excluding carboxylic acids is 1. The molecule has 0 fully saturated rings. The molecular weight excluding hydrogens is 388 g/mol. The Bertz CT molecular complexity index is 1070. The molecule has 1 aromatic carbocycles. The van der Waals surface area contributed by atoms with Crippen molar-refractivity contribution in [2.45, 2.75) is 25.7 Å². The van der Waals surface area contributed by atoms with Gasteiger partial charge in [0.2, 0.25) is 5.88 Å². The van der Waals surface area contributed by atoms with E-state index in [1.165, 1.54) is 14.2 Å². The number of carbonyl (C=O) groups is 1. The average Bonchev–Trinajstić information content (AvgIpc) is 2.75. The maximum absolute atomic E-state index is 13.4. The smallest absolute Gasteiger partial charge is 0.340 e. The first kappa shape index (κ1) is 21.3. The molecule has 0 aliphatic carbocycles. The minimum Gasteiger partial charge on any atom is -0.497 e. The molecule has 2 heterocycles. The highest BCUT2D eigenvalue weighted by molar-refractivity contribution is 5.92. The van der Waals surface area contributed by atoms with Gasteiger partial charge in [-0.3, -0.25) is 4.79 Å². The second-order valence-corrected chi connectivity index (χ2v) is 6.94. The van der Waals surface area contributed by atoms with E-state index >= 15 is 0 Å². The van der Waals surface area contributed by atoms with Crippen molar-refractivity contribution in [2.24, 2.45) is 12.8 Å². The predicted molar refractivity (Wildman–Crippen MR) is 111 cm³/mol. The second kappa shape index (κ2) is 8.52. The normalized spacial score (nSPS) is 15.3. The molecule has 160 valence electrons. The molecule has 1 aliphatic heterocycles. The first-order chi connectivity index (χ1) is 14.4. The largest absolute Gasteiger partial charge is 0.497 e. The Kier molecular flexibility index (Phi) is 6.05. The van der Waals surface area contributed by atoms with Crippen LogP contribution in [0.4, 0.5) is 0 Å². The van der Waals surface area contributed by atoms with E-state index in [9.17, 15) is 9.59 Å². The number of pyridine rings is 1. The lowest BCUT2D eigenvalue weighted by Crippen LogP contribution is -2.34. The van der Waals surface area contributed by atoms with Gasteiger partial charge in [0, 0.05) is 30.4 Å². The Hall–Kier alpha value is -3.42. The lowest BCUT2D eigenvalue weighted by molar-refractivity contribution is -0.136. The van der Waals surface area contributed by atoms with Gasteiger partial charge in [-0.25, -0.2) is 4.79 Å². The highest BCUT2D eigenvalue weighted by atomic mass is 16.5. The number of aromatic nitrogens is 1. The number of nitrogens with zero attached hydrogens (tertiary/aromatic N) is 1. The third-order valence-corrected chi connectivity index (χ3v) is 5.25. The monoisotopic (exact) mass is 414 g/mol. The van der Waals surface area contributed by atoms with Gasteiger partial charge < -0.3 is 29.2 Å². The van der Waals surface area contributed by atoms with Gasteiger partial charge in [0.25, 0.3) is 5.56 Å². The number of esters is 1. The number of rotatable bonds is 6. The summed E-state index contributed by atoms with van der Waals surface area (Å²) in [4.78, 5) is 26.0. The van der Waals surface area contributed by atoms with Crippen molar-refractivity contribution in [1.29, 1.82) is 0 Å². The van der Waals surface area contributed by atoms with Gasteiger partial charge in [-0.05, 0) is 12.5 Å². The number of ether oxygens (including phenoxy) is 4. The number of fused-ring (bicyclic) bond motifs is 1. The summed E-state index contributed by atoms with van der Waals surface area (Å²) < 4.78 is 23.1. The van der Waals surface area contributed by atoms with Crippen molar-refractivity contribution in [2.75, 3.05) is 21.3 Å². The molecule has 8 nitrogen and oxygen atoms in total. The van der Waals surface area contributed by atoms with Gasteiger partial charge in [0.15, 0.2) is 0 Å². The molecule has 0 spiro atoms. The Morgan fingerprint density at radius 3 is 2.53 bits per heavy atom. The summed E-state index contributed by atoms with van der Waals surface area (Å²) in [6.45, 7) is 2.03. The molecule has 1 aromatic heterocycles. The Balaban J connectivity index is 2.35. The number of benzene rings is 1. The van der Waals surface area contributed by atoms with Gasteiger partial charge in [-0.1, -0.05) is 19.4 Å². The molecular formula is C22H26N2O6. The van der Waals surface area contributed by atoms with Crippen LogP contribution in [0.5, 0.6) is 17.2 Å². The van der Waals surface area contributed by atoms with E-state index in [0.717, 1.165) is 12.1 Å². The number of nitrogens with two attached hydrogens (primary N) is 1. The van der Waals surface area contributed by atoms with Crippen LogP contribution in [-0.2, 0) is 23.0 Å².